The standard InChI is InChI=1S/C18H33N3O2.ClH/c1-13(18(2,3)4)17(23)21-10-6-7-14(12-21)11-20-16(22)15-8-5-9-19-15;/h13-15,19H,5-12H2,1-4H3,(H,20,22);1H. The SMILES string of the molecule is CC(C(=O)N1CCCC(CNC(=O)C2CCCN2)C1)C(C)(C)C.Cl. The van der Waals surface area contributed by atoms with Crippen LogP contribution >= 0.6 is 12.4 Å². The van der Waals surface area contributed by atoms with Crippen LogP contribution in [0, 0.1) is 17.3 Å². The van der Waals surface area contributed by atoms with Gasteiger partial charge in [-0.3, -0.25) is 9.59 Å². The van der Waals surface area contributed by atoms with Crippen molar-refractivity contribution in [3.05, 3.63) is 0 Å². The van der Waals surface area contributed by atoms with Gasteiger partial charge < -0.3 is 15.5 Å². The van der Waals surface area contributed by atoms with Gasteiger partial charge in [0.05, 0.1) is 6.04 Å². The second kappa shape index (κ2) is 9.04. The second-order valence-corrected chi connectivity index (χ2v) is 8.27. The Morgan fingerprint density at radius 2 is 1.96 bits per heavy atom. The summed E-state index contributed by atoms with van der Waals surface area (Å²) in [7, 11) is 0. The van der Waals surface area contributed by atoms with Crippen LogP contribution in [0.2, 0.25) is 0 Å². The summed E-state index contributed by atoms with van der Waals surface area (Å²) >= 11 is 0. The molecule has 0 aromatic rings. The van der Waals surface area contributed by atoms with Gasteiger partial charge in [0.15, 0.2) is 0 Å². The van der Waals surface area contributed by atoms with Gasteiger partial charge in [0.2, 0.25) is 11.8 Å². The fourth-order valence-electron chi connectivity index (χ4n) is 3.35. The van der Waals surface area contributed by atoms with Crippen LogP contribution in [-0.2, 0) is 9.59 Å². The number of hydrogen-bond acceptors (Lipinski definition) is 3. The zero-order chi connectivity index (χ0) is 17.0. The molecule has 5 nitrogen and oxygen atoms in total. The Kier molecular flexibility index (Phi) is 8.00. The zero-order valence-electron chi connectivity index (χ0n) is 15.6. The summed E-state index contributed by atoms with van der Waals surface area (Å²) in [5.74, 6) is 0.781. The van der Waals surface area contributed by atoms with Crippen molar-refractivity contribution in [2.45, 2.75) is 59.4 Å². The van der Waals surface area contributed by atoms with Crippen molar-refractivity contribution < 1.29 is 9.59 Å². The molecule has 0 spiro atoms. The molecule has 2 aliphatic rings. The Labute approximate surface area is 152 Å². The normalized spacial score (nSPS) is 25.8. The maximum Gasteiger partial charge on any atom is 0.237 e. The molecule has 2 heterocycles. The summed E-state index contributed by atoms with van der Waals surface area (Å²) in [6.07, 6.45) is 4.13. The summed E-state index contributed by atoms with van der Waals surface area (Å²) in [5.41, 5.74) is -0.00755. The van der Waals surface area contributed by atoms with Crippen LogP contribution in [0.25, 0.3) is 0 Å². The number of nitrogens with one attached hydrogen (secondary N) is 2. The zero-order valence-corrected chi connectivity index (χ0v) is 16.4. The molecule has 2 aliphatic heterocycles. The maximum atomic E-state index is 12.7. The van der Waals surface area contributed by atoms with E-state index >= 15 is 0 Å². The third-order valence-corrected chi connectivity index (χ3v) is 5.44. The van der Waals surface area contributed by atoms with E-state index in [0.717, 1.165) is 45.3 Å². The molecule has 3 atom stereocenters. The van der Waals surface area contributed by atoms with Gasteiger partial charge in [0.1, 0.15) is 0 Å². The van der Waals surface area contributed by atoms with Crippen LogP contribution in [0.3, 0.4) is 0 Å². The van der Waals surface area contributed by atoms with Gasteiger partial charge in [0, 0.05) is 25.6 Å². The summed E-state index contributed by atoms with van der Waals surface area (Å²) in [6.45, 7) is 11.6. The number of carbonyl (C=O) groups excluding carboxylic acids is 2. The van der Waals surface area contributed by atoms with Crippen molar-refractivity contribution in [1.29, 1.82) is 0 Å². The molecular formula is C18H34ClN3O2. The van der Waals surface area contributed by atoms with E-state index in [2.05, 4.69) is 31.4 Å². The van der Waals surface area contributed by atoms with E-state index in [4.69, 9.17) is 0 Å². The van der Waals surface area contributed by atoms with Gasteiger partial charge in [-0.1, -0.05) is 27.7 Å². The summed E-state index contributed by atoms with van der Waals surface area (Å²) in [5, 5.41) is 6.30. The topological polar surface area (TPSA) is 61.4 Å². The van der Waals surface area contributed by atoms with Crippen LogP contribution < -0.4 is 10.6 Å². The Morgan fingerprint density at radius 3 is 2.54 bits per heavy atom. The monoisotopic (exact) mass is 359 g/mol. The number of halogens is 1. The molecule has 0 saturated carbocycles. The summed E-state index contributed by atoms with van der Waals surface area (Å²) in [6, 6.07) is -0.0164. The highest BCUT2D eigenvalue weighted by Gasteiger charge is 2.33. The van der Waals surface area contributed by atoms with Gasteiger partial charge >= 0.3 is 0 Å². The number of rotatable bonds is 4. The molecule has 140 valence electrons. The molecule has 0 bridgehead atoms. The van der Waals surface area contributed by atoms with Gasteiger partial charge in [-0.15, -0.1) is 12.4 Å². The molecule has 6 heteroatoms. The van der Waals surface area contributed by atoms with Gasteiger partial charge in [0.25, 0.3) is 0 Å². The smallest absolute Gasteiger partial charge is 0.237 e. The quantitative estimate of drug-likeness (QED) is 0.808. The van der Waals surface area contributed by atoms with Crippen molar-refractivity contribution in [1.82, 2.24) is 15.5 Å². The van der Waals surface area contributed by atoms with E-state index in [9.17, 15) is 9.59 Å². The Bertz CT molecular complexity index is 430. The number of carbonyl (C=O) groups is 2. The minimum absolute atomic E-state index is 0. The second-order valence-electron chi connectivity index (χ2n) is 8.27. The minimum Gasteiger partial charge on any atom is -0.354 e. The molecule has 3 unspecified atom stereocenters. The average molecular weight is 360 g/mol. The first-order chi connectivity index (χ1) is 10.8. The average Bonchev–Trinajstić information content (AvgIpc) is 3.05. The fraction of sp³-hybridized carbons (Fsp3) is 0.889. The lowest BCUT2D eigenvalue weighted by Crippen LogP contribution is -2.48. The lowest BCUT2D eigenvalue weighted by atomic mass is 9.80. The molecule has 2 N–H and O–H groups in total. The lowest BCUT2D eigenvalue weighted by molar-refractivity contribution is -0.140. The van der Waals surface area contributed by atoms with E-state index in [0.29, 0.717) is 12.5 Å². The van der Waals surface area contributed by atoms with Gasteiger partial charge in [-0.25, -0.2) is 0 Å². The largest absolute Gasteiger partial charge is 0.354 e. The van der Waals surface area contributed by atoms with Gasteiger partial charge in [-0.2, -0.15) is 0 Å². The fourth-order valence-corrected chi connectivity index (χ4v) is 3.35. The van der Waals surface area contributed by atoms with E-state index in [1.54, 1.807) is 0 Å². The first-order valence-corrected chi connectivity index (χ1v) is 9.09. The first-order valence-electron chi connectivity index (χ1n) is 9.09. The molecule has 2 rings (SSSR count). The van der Waals surface area contributed by atoms with Crippen molar-refractivity contribution in [3.8, 4) is 0 Å². The molecule has 2 saturated heterocycles. The minimum atomic E-state index is -0.0164. The number of piperidine rings is 1. The molecule has 0 aliphatic carbocycles. The maximum absolute atomic E-state index is 12.7. The van der Waals surface area contributed by atoms with Crippen LogP contribution in [-0.4, -0.2) is 48.9 Å². The molecule has 0 radical (unpaired) electrons. The van der Waals surface area contributed by atoms with E-state index < -0.39 is 0 Å². The van der Waals surface area contributed by atoms with Crippen molar-refractivity contribution in [2.75, 3.05) is 26.2 Å². The number of amides is 2. The van der Waals surface area contributed by atoms with Crippen LogP contribution in [0.15, 0.2) is 0 Å². The Morgan fingerprint density at radius 1 is 1.25 bits per heavy atom. The van der Waals surface area contributed by atoms with Crippen molar-refractivity contribution in [3.63, 3.8) is 0 Å². The molecule has 2 amide bonds. The molecule has 0 aromatic heterocycles. The third kappa shape index (κ3) is 5.62. The highest BCUT2D eigenvalue weighted by atomic mass is 35.5. The Balaban J connectivity index is 0.00000288. The Hall–Kier alpha value is -0.810. The molecule has 2 fully saturated rings. The van der Waals surface area contributed by atoms with Crippen molar-refractivity contribution in [2.24, 2.45) is 17.3 Å². The summed E-state index contributed by atoms with van der Waals surface area (Å²) in [4.78, 5) is 26.8. The van der Waals surface area contributed by atoms with E-state index in [1.165, 1.54) is 0 Å². The first kappa shape index (κ1) is 21.2. The third-order valence-electron chi connectivity index (χ3n) is 5.44. The van der Waals surface area contributed by atoms with Crippen LogP contribution in [0.5, 0.6) is 0 Å². The van der Waals surface area contributed by atoms with Crippen LogP contribution in [0.1, 0.15) is 53.4 Å². The highest BCUT2D eigenvalue weighted by molar-refractivity contribution is 5.85. The number of nitrogens with zero attached hydrogens (tertiary/aromatic N) is 1. The molecule has 24 heavy (non-hydrogen) atoms. The summed E-state index contributed by atoms with van der Waals surface area (Å²) < 4.78 is 0. The predicted octanol–water partition coefficient (Wildman–Crippen LogP) is 2.20. The van der Waals surface area contributed by atoms with Gasteiger partial charge in [-0.05, 0) is 43.6 Å². The van der Waals surface area contributed by atoms with E-state index in [1.807, 2.05) is 11.8 Å². The number of hydrogen-bond donors (Lipinski definition) is 2. The van der Waals surface area contributed by atoms with Crippen molar-refractivity contribution >= 4 is 24.2 Å². The van der Waals surface area contributed by atoms with Crippen LogP contribution in [0.4, 0.5) is 0 Å². The number of likely N-dealkylation sites (tertiary alicyclic amines) is 1. The van der Waals surface area contributed by atoms with E-state index in [-0.39, 0.29) is 41.6 Å². The predicted molar refractivity (Wildman–Crippen MR) is 99.2 cm³/mol. The molecule has 0 aromatic carbocycles. The lowest BCUT2D eigenvalue weighted by Gasteiger charge is -2.37. The highest BCUT2D eigenvalue weighted by Crippen LogP contribution is 2.28. The molecular weight excluding hydrogens is 326 g/mol.